The summed E-state index contributed by atoms with van der Waals surface area (Å²) in [7, 11) is 0. The van der Waals surface area contributed by atoms with E-state index in [-0.39, 0.29) is 35.1 Å². The molecule has 0 N–H and O–H groups in total. The molecule has 0 bridgehead atoms. The third-order valence-electron chi connectivity index (χ3n) is 4.66. The van der Waals surface area contributed by atoms with Gasteiger partial charge in [-0.25, -0.2) is 0 Å². The van der Waals surface area contributed by atoms with Crippen molar-refractivity contribution in [1.29, 1.82) is 0 Å². The van der Waals surface area contributed by atoms with Gasteiger partial charge >= 0.3 is 29.6 Å². The average Bonchev–Trinajstić information content (AvgIpc) is 2.61. The summed E-state index contributed by atoms with van der Waals surface area (Å²) in [5.74, 6) is -1.14. The first-order valence-electron chi connectivity index (χ1n) is 8.01. The van der Waals surface area contributed by atoms with E-state index >= 15 is 0 Å². The number of carboxylic acids is 1. The standard InChI is InChI=1S/C19H18N2O2.Na/c22-19(23)13-4-5-15-14(10-13)11-18(21-8-2-1-3-9-21)16-6-7-20-12-17(15)16;/h4-7,10-12H,1-3,8-9H2,(H,22,23);/q;+1/p-1. The summed E-state index contributed by atoms with van der Waals surface area (Å²) in [4.78, 5) is 17.8. The van der Waals surface area contributed by atoms with Gasteiger partial charge in [-0.15, -0.1) is 0 Å². The van der Waals surface area contributed by atoms with Crippen LogP contribution in [0.1, 0.15) is 29.6 Å². The second-order valence-electron chi connectivity index (χ2n) is 6.09. The molecule has 24 heavy (non-hydrogen) atoms. The number of piperidine rings is 1. The molecule has 4 nitrogen and oxygen atoms in total. The smallest absolute Gasteiger partial charge is 0.545 e. The molecule has 1 aromatic heterocycles. The Balaban J connectivity index is 0.00000169. The molecule has 0 radical (unpaired) electrons. The van der Waals surface area contributed by atoms with E-state index < -0.39 is 5.97 Å². The zero-order valence-electron chi connectivity index (χ0n) is 13.8. The average molecular weight is 328 g/mol. The summed E-state index contributed by atoms with van der Waals surface area (Å²) >= 11 is 0. The van der Waals surface area contributed by atoms with Crippen molar-refractivity contribution in [3.05, 3.63) is 48.3 Å². The Bertz CT molecular complexity index is 904. The largest absolute Gasteiger partial charge is 1.00 e. The molecule has 1 fully saturated rings. The van der Waals surface area contributed by atoms with Gasteiger partial charge in [-0.3, -0.25) is 4.98 Å². The predicted molar refractivity (Wildman–Crippen MR) is 89.6 cm³/mol. The van der Waals surface area contributed by atoms with Gasteiger partial charge in [0.15, 0.2) is 0 Å². The van der Waals surface area contributed by atoms with E-state index in [9.17, 15) is 9.90 Å². The third kappa shape index (κ3) is 3.02. The van der Waals surface area contributed by atoms with Crippen LogP contribution < -0.4 is 39.6 Å². The molecule has 0 spiro atoms. The van der Waals surface area contributed by atoms with Crippen molar-refractivity contribution in [1.82, 2.24) is 4.98 Å². The summed E-state index contributed by atoms with van der Waals surface area (Å²) in [6, 6.07) is 9.31. The van der Waals surface area contributed by atoms with E-state index in [2.05, 4.69) is 16.0 Å². The quantitative estimate of drug-likeness (QED) is 0.481. The van der Waals surface area contributed by atoms with Crippen molar-refractivity contribution in [3.63, 3.8) is 0 Å². The van der Waals surface area contributed by atoms with Crippen LogP contribution >= 0.6 is 0 Å². The van der Waals surface area contributed by atoms with Gasteiger partial charge in [0.05, 0.1) is 5.97 Å². The first-order chi connectivity index (χ1) is 11.2. The fourth-order valence-electron chi connectivity index (χ4n) is 3.51. The van der Waals surface area contributed by atoms with Gasteiger partial charge in [-0.2, -0.15) is 0 Å². The minimum Gasteiger partial charge on any atom is -0.545 e. The number of fused-ring (bicyclic) bond motifs is 3. The van der Waals surface area contributed by atoms with Gasteiger partial charge in [0.25, 0.3) is 0 Å². The predicted octanol–water partition coefficient (Wildman–Crippen LogP) is -0.254. The molecule has 0 saturated carbocycles. The molecule has 3 aromatic rings. The number of rotatable bonds is 2. The zero-order chi connectivity index (χ0) is 15.8. The summed E-state index contributed by atoms with van der Waals surface area (Å²) < 4.78 is 0. The topological polar surface area (TPSA) is 56.3 Å². The third-order valence-corrected chi connectivity index (χ3v) is 4.66. The Morgan fingerprint density at radius 2 is 1.79 bits per heavy atom. The van der Waals surface area contributed by atoms with Crippen LogP contribution in [0.2, 0.25) is 0 Å². The monoisotopic (exact) mass is 328 g/mol. The number of benzene rings is 2. The van der Waals surface area contributed by atoms with Crippen LogP contribution in [-0.4, -0.2) is 24.0 Å². The molecule has 2 heterocycles. The van der Waals surface area contributed by atoms with Crippen LogP contribution in [0.15, 0.2) is 42.7 Å². The van der Waals surface area contributed by atoms with Crippen molar-refractivity contribution >= 4 is 33.2 Å². The summed E-state index contributed by atoms with van der Waals surface area (Å²) in [6.45, 7) is 2.09. The maximum absolute atomic E-state index is 11.2. The van der Waals surface area contributed by atoms with Crippen LogP contribution in [0.5, 0.6) is 0 Å². The zero-order valence-corrected chi connectivity index (χ0v) is 15.8. The number of aromatic carboxylic acids is 1. The summed E-state index contributed by atoms with van der Waals surface area (Å²) in [6.07, 6.45) is 7.35. The van der Waals surface area contributed by atoms with Gasteiger partial charge in [-0.1, -0.05) is 12.1 Å². The molecule has 1 aliphatic heterocycles. The van der Waals surface area contributed by atoms with Crippen molar-refractivity contribution in [3.8, 4) is 0 Å². The molecule has 2 aromatic carbocycles. The van der Waals surface area contributed by atoms with Crippen LogP contribution in [0.3, 0.4) is 0 Å². The van der Waals surface area contributed by atoms with Crippen LogP contribution in [0.25, 0.3) is 21.5 Å². The number of carbonyl (C=O) groups is 1. The van der Waals surface area contributed by atoms with Crippen LogP contribution in [0, 0.1) is 0 Å². The van der Waals surface area contributed by atoms with Crippen molar-refractivity contribution in [2.24, 2.45) is 0 Å². The van der Waals surface area contributed by atoms with Gasteiger partial charge < -0.3 is 14.8 Å². The van der Waals surface area contributed by atoms with E-state index in [1.54, 1.807) is 12.1 Å². The van der Waals surface area contributed by atoms with E-state index in [0.29, 0.717) is 0 Å². The van der Waals surface area contributed by atoms with Gasteiger partial charge in [0.2, 0.25) is 0 Å². The number of anilines is 1. The second-order valence-corrected chi connectivity index (χ2v) is 6.09. The van der Waals surface area contributed by atoms with E-state index in [1.165, 1.54) is 30.3 Å². The first-order valence-corrected chi connectivity index (χ1v) is 8.01. The minimum atomic E-state index is -1.14. The van der Waals surface area contributed by atoms with Crippen molar-refractivity contribution < 1.29 is 39.5 Å². The Kier molecular flexibility index (Phi) is 5.09. The fourth-order valence-corrected chi connectivity index (χ4v) is 3.51. The van der Waals surface area contributed by atoms with Gasteiger partial charge in [0.1, 0.15) is 0 Å². The van der Waals surface area contributed by atoms with E-state index in [0.717, 1.165) is 29.2 Å². The molecule has 5 heteroatoms. The van der Waals surface area contributed by atoms with Crippen LogP contribution in [-0.2, 0) is 0 Å². The minimum absolute atomic E-state index is 0. The van der Waals surface area contributed by atoms with Crippen LogP contribution in [0.4, 0.5) is 5.69 Å². The molecule has 1 saturated heterocycles. The number of carboxylic acid groups (broad SMARTS) is 1. The SMILES string of the molecule is O=C([O-])c1ccc2c(c1)cc(N1CCCCC1)c1ccncc12.[Na+]. The first kappa shape index (κ1) is 17.2. The van der Waals surface area contributed by atoms with Crippen molar-refractivity contribution in [2.75, 3.05) is 18.0 Å². The fraction of sp³-hybridized carbons (Fsp3) is 0.263. The molecule has 0 amide bonds. The Morgan fingerprint density at radius 3 is 2.54 bits per heavy atom. The second kappa shape index (κ2) is 7.09. The van der Waals surface area contributed by atoms with Gasteiger partial charge in [0, 0.05) is 41.9 Å². The summed E-state index contributed by atoms with van der Waals surface area (Å²) in [5, 5.41) is 15.4. The Morgan fingerprint density at radius 1 is 1.00 bits per heavy atom. The molecule has 0 atom stereocenters. The number of pyridine rings is 1. The van der Waals surface area contributed by atoms with E-state index in [4.69, 9.17) is 0 Å². The molecule has 0 unspecified atom stereocenters. The molecular weight excluding hydrogens is 311 g/mol. The number of carbonyl (C=O) groups excluding carboxylic acids is 1. The molecular formula is C19H17N2NaO2. The van der Waals surface area contributed by atoms with E-state index in [1.807, 2.05) is 24.5 Å². The van der Waals surface area contributed by atoms with Gasteiger partial charge in [-0.05, 0) is 53.8 Å². The van der Waals surface area contributed by atoms with Crippen molar-refractivity contribution in [2.45, 2.75) is 19.3 Å². The number of aromatic nitrogens is 1. The number of hydrogen-bond acceptors (Lipinski definition) is 4. The number of nitrogens with zero attached hydrogens (tertiary/aromatic N) is 2. The Hall–Kier alpha value is -1.62. The maximum atomic E-state index is 11.2. The number of hydrogen-bond donors (Lipinski definition) is 0. The maximum Gasteiger partial charge on any atom is 1.00 e. The normalized spacial score (nSPS) is 14.6. The molecule has 0 aliphatic carbocycles. The molecule has 4 rings (SSSR count). The Labute approximate surface area is 162 Å². The molecule has 1 aliphatic rings. The molecule has 116 valence electrons. The summed E-state index contributed by atoms with van der Waals surface area (Å²) in [5.41, 5.74) is 1.38.